The van der Waals surface area contributed by atoms with Crippen LogP contribution in [0.3, 0.4) is 0 Å². The largest absolute Gasteiger partial charge is 0.492 e. The molecule has 2 aromatic rings. The molecular weight excluding hydrogens is 298 g/mol. The average molecular weight is 317 g/mol. The maximum absolute atomic E-state index is 11.0. The van der Waals surface area contributed by atoms with Crippen LogP contribution in [0.15, 0.2) is 30.3 Å². The first kappa shape index (κ1) is 15.4. The Balaban J connectivity index is 2.07. The van der Waals surface area contributed by atoms with Crippen LogP contribution >= 0.6 is 0 Å². The minimum Gasteiger partial charge on any atom is -0.492 e. The van der Waals surface area contributed by atoms with Crippen LogP contribution in [-0.2, 0) is 0 Å². The summed E-state index contributed by atoms with van der Waals surface area (Å²) in [5.41, 5.74) is 4.77. The number of fused-ring (bicyclic) bond motifs is 1. The number of hydrogen-bond acceptors (Lipinski definition) is 7. The fourth-order valence-corrected chi connectivity index (χ4v) is 2.54. The zero-order valence-corrected chi connectivity index (χ0v) is 13.1. The molecule has 0 saturated heterocycles. The van der Waals surface area contributed by atoms with Gasteiger partial charge in [-0.15, -0.1) is 10.2 Å². The minimum atomic E-state index is -1.35. The maximum atomic E-state index is 11.0. The molecule has 0 bridgehead atoms. The second-order valence-corrected chi connectivity index (χ2v) is 6.28. The molecule has 3 rings (SSSR count). The van der Waals surface area contributed by atoms with Gasteiger partial charge in [-0.3, -0.25) is 0 Å². The van der Waals surface area contributed by atoms with E-state index in [4.69, 9.17) is 15.2 Å². The van der Waals surface area contributed by atoms with Crippen LogP contribution in [0.5, 0.6) is 17.5 Å². The summed E-state index contributed by atoms with van der Waals surface area (Å²) < 4.78 is 11.8. The van der Waals surface area contributed by atoms with Gasteiger partial charge in [0, 0.05) is 23.4 Å². The van der Waals surface area contributed by atoms with Crippen molar-refractivity contribution in [2.45, 2.75) is 38.1 Å². The Kier molecular flexibility index (Phi) is 3.33. The van der Waals surface area contributed by atoms with Crippen LogP contribution in [0.25, 0.3) is 0 Å². The quantitative estimate of drug-likeness (QED) is 0.724. The summed E-state index contributed by atoms with van der Waals surface area (Å²) in [7, 11) is 0. The fourth-order valence-electron chi connectivity index (χ4n) is 2.54. The van der Waals surface area contributed by atoms with Gasteiger partial charge in [-0.25, -0.2) is 0 Å². The molecule has 2 atom stereocenters. The predicted molar refractivity (Wildman–Crippen MR) is 83.3 cm³/mol. The smallest absolute Gasteiger partial charge is 0.234 e. The molecule has 0 fully saturated rings. The normalized spacial score (nSPS) is 25.3. The minimum absolute atomic E-state index is 0.180. The lowest BCUT2D eigenvalue weighted by Gasteiger charge is -2.48. The van der Waals surface area contributed by atoms with Gasteiger partial charge >= 0.3 is 0 Å². The number of aromatic nitrogens is 2. The maximum Gasteiger partial charge on any atom is 0.234 e. The third-order valence-electron chi connectivity index (χ3n) is 4.28. The first-order valence-electron chi connectivity index (χ1n) is 7.21. The van der Waals surface area contributed by atoms with Crippen molar-refractivity contribution in [3.05, 3.63) is 35.9 Å². The van der Waals surface area contributed by atoms with Gasteiger partial charge in [0.15, 0.2) is 6.10 Å². The summed E-state index contributed by atoms with van der Waals surface area (Å²) in [6, 6.07) is 8.03. The second kappa shape index (κ2) is 4.99. The Hall–Kier alpha value is -2.54. The third-order valence-corrected chi connectivity index (χ3v) is 4.28. The Bertz CT molecular complexity index is 729. The van der Waals surface area contributed by atoms with E-state index in [1.54, 1.807) is 39.0 Å². The molecule has 2 unspecified atom stereocenters. The number of benzene rings is 1. The molecule has 0 aliphatic carbocycles. The van der Waals surface area contributed by atoms with Crippen LogP contribution < -0.4 is 15.2 Å². The van der Waals surface area contributed by atoms with Gasteiger partial charge in [0.1, 0.15) is 17.0 Å². The molecule has 2 heterocycles. The summed E-state index contributed by atoms with van der Waals surface area (Å²) in [5.74, 6) is 0.563. The van der Waals surface area contributed by atoms with Gasteiger partial charge in [-0.2, -0.15) is 0 Å². The van der Waals surface area contributed by atoms with Crippen LogP contribution in [-0.4, -0.2) is 31.6 Å². The molecule has 7 nitrogen and oxygen atoms in total. The van der Waals surface area contributed by atoms with Crippen molar-refractivity contribution < 1.29 is 19.7 Å². The molecule has 1 aromatic heterocycles. The summed E-state index contributed by atoms with van der Waals surface area (Å²) in [6.45, 7) is 5.20. The molecule has 23 heavy (non-hydrogen) atoms. The molecule has 1 aliphatic rings. The zero-order chi connectivity index (χ0) is 16.8. The summed E-state index contributed by atoms with van der Waals surface area (Å²) in [5, 5.41) is 27.6. The van der Waals surface area contributed by atoms with E-state index in [9.17, 15) is 10.2 Å². The van der Waals surface area contributed by atoms with Crippen molar-refractivity contribution in [1.29, 1.82) is 0 Å². The Morgan fingerprint density at radius 3 is 2.57 bits per heavy atom. The molecule has 4 N–H and O–H groups in total. The molecule has 122 valence electrons. The van der Waals surface area contributed by atoms with Gasteiger partial charge in [-0.1, -0.05) is 0 Å². The average Bonchev–Trinajstić information content (AvgIpc) is 2.47. The van der Waals surface area contributed by atoms with E-state index in [0.717, 1.165) is 0 Å². The van der Waals surface area contributed by atoms with Crippen molar-refractivity contribution in [1.82, 2.24) is 10.2 Å². The number of aromatic hydroxyl groups is 1. The first-order chi connectivity index (χ1) is 10.7. The molecule has 0 spiro atoms. The zero-order valence-electron chi connectivity index (χ0n) is 13.1. The Morgan fingerprint density at radius 1 is 1.17 bits per heavy atom. The standard InChI is InChI=1S/C16H19N3O4/c1-15(2)16(3,21)14(22-13-7-6-12(20)18-19-13)10-8-9(17)4-5-11(10)23-15/h4-8,14,21H,17H2,1-3H3,(H,18,20). The molecule has 1 aromatic carbocycles. The highest BCUT2D eigenvalue weighted by Crippen LogP contribution is 2.48. The molecular formula is C16H19N3O4. The second-order valence-electron chi connectivity index (χ2n) is 6.28. The van der Waals surface area contributed by atoms with Gasteiger partial charge < -0.3 is 25.4 Å². The van der Waals surface area contributed by atoms with Crippen molar-refractivity contribution in [3.8, 4) is 17.5 Å². The summed E-state index contributed by atoms with van der Waals surface area (Å²) >= 11 is 0. The van der Waals surface area contributed by atoms with Gasteiger partial charge in [-0.05, 0) is 39.0 Å². The van der Waals surface area contributed by atoms with Gasteiger partial charge in [0.05, 0.1) is 0 Å². The van der Waals surface area contributed by atoms with E-state index >= 15 is 0 Å². The molecule has 0 saturated carbocycles. The van der Waals surface area contributed by atoms with Crippen LogP contribution in [0.1, 0.15) is 32.4 Å². The van der Waals surface area contributed by atoms with Crippen LogP contribution in [0.2, 0.25) is 0 Å². The molecule has 7 heteroatoms. The van der Waals surface area contributed by atoms with E-state index in [0.29, 0.717) is 17.0 Å². The highest BCUT2D eigenvalue weighted by Gasteiger charge is 2.54. The topological polar surface area (TPSA) is 111 Å². The Labute approximate surface area is 133 Å². The number of aliphatic hydroxyl groups is 1. The predicted octanol–water partition coefficient (Wildman–Crippen LogP) is 1.81. The molecule has 0 amide bonds. The first-order valence-corrected chi connectivity index (χ1v) is 7.21. The summed E-state index contributed by atoms with van der Waals surface area (Å²) in [4.78, 5) is 0. The molecule has 0 radical (unpaired) electrons. The SMILES string of the molecule is CC1(C)Oc2ccc(N)cc2C(Oc2ccc(O)nn2)C1(C)O. The number of nitrogens with two attached hydrogens (primary N) is 1. The van der Waals surface area contributed by atoms with E-state index in [-0.39, 0.29) is 11.8 Å². The number of ether oxygens (including phenoxy) is 2. The number of anilines is 1. The van der Waals surface area contributed by atoms with Gasteiger partial charge in [0.25, 0.3) is 0 Å². The lowest BCUT2D eigenvalue weighted by Crippen LogP contribution is -2.59. The van der Waals surface area contributed by atoms with Gasteiger partial charge in [0.2, 0.25) is 11.8 Å². The summed E-state index contributed by atoms with van der Waals surface area (Å²) in [6.07, 6.45) is -0.761. The van der Waals surface area contributed by atoms with E-state index in [1.807, 2.05) is 0 Å². The Morgan fingerprint density at radius 2 is 1.91 bits per heavy atom. The number of rotatable bonds is 2. The van der Waals surface area contributed by atoms with E-state index < -0.39 is 17.3 Å². The highest BCUT2D eigenvalue weighted by atomic mass is 16.6. The third kappa shape index (κ3) is 2.53. The van der Waals surface area contributed by atoms with E-state index in [2.05, 4.69) is 10.2 Å². The number of hydrogen-bond donors (Lipinski definition) is 3. The van der Waals surface area contributed by atoms with Crippen LogP contribution in [0, 0.1) is 0 Å². The van der Waals surface area contributed by atoms with Crippen molar-refractivity contribution >= 4 is 5.69 Å². The van der Waals surface area contributed by atoms with Crippen LogP contribution in [0.4, 0.5) is 5.69 Å². The van der Waals surface area contributed by atoms with Crippen molar-refractivity contribution in [3.63, 3.8) is 0 Å². The van der Waals surface area contributed by atoms with E-state index in [1.165, 1.54) is 12.1 Å². The number of nitrogens with zero attached hydrogens (tertiary/aromatic N) is 2. The lowest BCUT2D eigenvalue weighted by atomic mass is 9.77. The van der Waals surface area contributed by atoms with Crippen molar-refractivity contribution in [2.24, 2.45) is 0 Å². The highest BCUT2D eigenvalue weighted by molar-refractivity contribution is 5.51. The molecule has 1 aliphatic heterocycles. The fraction of sp³-hybridized carbons (Fsp3) is 0.375. The lowest BCUT2D eigenvalue weighted by molar-refractivity contribution is -0.175. The van der Waals surface area contributed by atoms with Crippen molar-refractivity contribution in [2.75, 3.05) is 5.73 Å². The number of nitrogen functional groups attached to an aromatic ring is 1. The monoisotopic (exact) mass is 317 g/mol.